The highest BCUT2D eigenvalue weighted by Crippen LogP contribution is 2.23. The fraction of sp³-hybridized carbons (Fsp3) is 0.375. The lowest BCUT2D eigenvalue weighted by molar-refractivity contribution is 0.248. The molecule has 0 aliphatic carbocycles. The fourth-order valence-corrected chi connectivity index (χ4v) is 3.74. The van der Waals surface area contributed by atoms with Crippen molar-refractivity contribution in [2.75, 3.05) is 37.3 Å². The Hall–Kier alpha value is -1.70. The summed E-state index contributed by atoms with van der Waals surface area (Å²) in [4.78, 5) is 13.0. The topological polar surface area (TPSA) is 66.4 Å². The molecule has 1 aliphatic rings. The number of anilines is 1. The minimum absolute atomic E-state index is 0.292. The number of sulfone groups is 1. The molecule has 128 valence electrons. The van der Waals surface area contributed by atoms with Crippen LogP contribution in [0.15, 0.2) is 41.6 Å². The molecule has 1 saturated heterocycles. The average Bonchev–Trinajstić information content (AvgIpc) is 2.57. The number of halogens is 1. The van der Waals surface area contributed by atoms with Gasteiger partial charge in [0.05, 0.1) is 0 Å². The van der Waals surface area contributed by atoms with E-state index in [2.05, 4.69) is 14.9 Å². The predicted octanol–water partition coefficient (Wildman–Crippen LogP) is 1.86. The zero-order chi connectivity index (χ0) is 17.2. The largest absolute Gasteiger partial charge is 0.353 e. The first-order valence-corrected chi connectivity index (χ1v) is 9.93. The van der Waals surface area contributed by atoms with Crippen LogP contribution in [-0.2, 0) is 16.4 Å². The van der Waals surface area contributed by atoms with Gasteiger partial charge in [-0.2, -0.15) is 0 Å². The number of piperazine rings is 1. The number of pyridine rings is 2. The normalized spacial score (nSPS) is 16.3. The minimum Gasteiger partial charge on any atom is -0.353 e. The van der Waals surface area contributed by atoms with Crippen LogP contribution in [0.3, 0.4) is 0 Å². The lowest BCUT2D eigenvalue weighted by Gasteiger charge is -2.35. The van der Waals surface area contributed by atoms with Crippen LogP contribution in [0.1, 0.15) is 5.56 Å². The van der Waals surface area contributed by atoms with E-state index in [0.29, 0.717) is 15.9 Å². The van der Waals surface area contributed by atoms with E-state index in [1.54, 1.807) is 30.6 Å². The van der Waals surface area contributed by atoms with Gasteiger partial charge in [0.1, 0.15) is 15.9 Å². The third-order valence-electron chi connectivity index (χ3n) is 4.02. The lowest BCUT2D eigenvalue weighted by Crippen LogP contribution is -2.46. The Balaban J connectivity index is 1.66. The molecule has 1 aliphatic heterocycles. The van der Waals surface area contributed by atoms with Gasteiger partial charge >= 0.3 is 0 Å². The number of hydrogen-bond acceptors (Lipinski definition) is 6. The molecule has 0 atom stereocenters. The summed E-state index contributed by atoms with van der Waals surface area (Å²) in [6.45, 7) is 3.95. The highest BCUT2D eigenvalue weighted by molar-refractivity contribution is 7.90. The molecule has 0 N–H and O–H groups in total. The fourth-order valence-electron chi connectivity index (χ4n) is 2.79. The SMILES string of the molecule is CS(=O)(=O)c1cccnc1N1CCN(Cc2ccc(Cl)nc2)CC1. The van der Waals surface area contributed by atoms with Crippen LogP contribution in [0.5, 0.6) is 0 Å². The smallest absolute Gasteiger partial charge is 0.179 e. The zero-order valence-corrected chi connectivity index (χ0v) is 15.0. The van der Waals surface area contributed by atoms with Crippen LogP contribution in [0, 0.1) is 0 Å². The summed E-state index contributed by atoms with van der Waals surface area (Å²) < 4.78 is 23.9. The van der Waals surface area contributed by atoms with Crippen molar-refractivity contribution in [2.45, 2.75) is 11.4 Å². The second kappa shape index (κ2) is 7.04. The summed E-state index contributed by atoms with van der Waals surface area (Å²) >= 11 is 5.81. The second-order valence-electron chi connectivity index (χ2n) is 5.85. The highest BCUT2D eigenvalue weighted by Gasteiger charge is 2.23. The van der Waals surface area contributed by atoms with E-state index < -0.39 is 9.84 Å². The molecule has 0 aromatic carbocycles. The summed E-state index contributed by atoms with van der Waals surface area (Å²) in [6.07, 6.45) is 4.64. The number of rotatable bonds is 4. The van der Waals surface area contributed by atoms with Crippen LogP contribution in [0.4, 0.5) is 5.82 Å². The van der Waals surface area contributed by atoms with Gasteiger partial charge in [-0.15, -0.1) is 0 Å². The summed E-state index contributed by atoms with van der Waals surface area (Å²) in [5.41, 5.74) is 1.11. The quantitative estimate of drug-likeness (QED) is 0.769. The Bertz CT molecular complexity index is 803. The maximum Gasteiger partial charge on any atom is 0.179 e. The third kappa shape index (κ3) is 4.03. The Morgan fingerprint density at radius 3 is 2.50 bits per heavy atom. The lowest BCUT2D eigenvalue weighted by atomic mass is 10.2. The molecular formula is C16H19ClN4O2S. The van der Waals surface area contributed by atoms with Crippen molar-refractivity contribution in [3.63, 3.8) is 0 Å². The molecule has 0 radical (unpaired) electrons. The summed E-state index contributed by atoms with van der Waals surface area (Å²) in [5.74, 6) is 0.549. The molecule has 0 saturated carbocycles. The van der Waals surface area contributed by atoms with Gasteiger partial charge in [0.15, 0.2) is 9.84 Å². The van der Waals surface area contributed by atoms with Gasteiger partial charge in [-0.1, -0.05) is 17.7 Å². The molecule has 3 rings (SSSR count). The van der Waals surface area contributed by atoms with E-state index in [-0.39, 0.29) is 0 Å². The molecule has 2 aromatic rings. The second-order valence-corrected chi connectivity index (χ2v) is 8.22. The van der Waals surface area contributed by atoms with Gasteiger partial charge in [0, 0.05) is 51.4 Å². The minimum atomic E-state index is -3.29. The number of aromatic nitrogens is 2. The van der Waals surface area contributed by atoms with Gasteiger partial charge in [0.25, 0.3) is 0 Å². The monoisotopic (exact) mass is 366 g/mol. The Kier molecular flexibility index (Phi) is 5.03. The molecular weight excluding hydrogens is 348 g/mol. The van der Waals surface area contributed by atoms with Crippen LogP contribution in [0.25, 0.3) is 0 Å². The van der Waals surface area contributed by atoms with E-state index in [1.807, 2.05) is 11.0 Å². The van der Waals surface area contributed by atoms with Crippen LogP contribution in [0.2, 0.25) is 5.15 Å². The van der Waals surface area contributed by atoms with Crippen molar-refractivity contribution < 1.29 is 8.42 Å². The van der Waals surface area contributed by atoms with Gasteiger partial charge in [-0.05, 0) is 23.8 Å². The highest BCUT2D eigenvalue weighted by atomic mass is 35.5. The maximum absolute atomic E-state index is 11.9. The molecule has 0 bridgehead atoms. The van der Waals surface area contributed by atoms with E-state index in [1.165, 1.54) is 6.26 Å². The Morgan fingerprint density at radius 2 is 1.88 bits per heavy atom. The van der Waals surface area contributed by atoms with Crippen molar-refractivity contribution in [3.05, 3.63) is 47.4 Å². The van der Waals surface area contributed by atoms with Gasteiger partial charge in [0.2, 0.25) is 0 Å². The van der Waals surface area contributed by atoms with E-state index in [0.717, 1.165) is 38.3 Å². The van der Waals surface area contributed by atoms with Gasteiger partial charge < -0.3 is 4.90 Å². The molecule has 6 nitrogen and oxygen atoms in total. The molecule has 24 heavy (non-hydrogen) atoms. The summed E-state index contributed by atoms with van der Waals surface area (Å²) in [5, 5.41) is 0.493. The van der Waals surface area contributed by atoms with Crippen LogP contribution in [-0.4, -0.2) is 55.7 Å². The zero-order valence-electron chi connectivity index (χ0n) is 13.4. The van der Waals surface area contributed by atoms with Crippen LogP contribution >= 0.6 is 11.6 Å². The van der Waals surface area contributed by atoms with Crippen molar-refractivity contribution in [3.8, 4) is 0 Å². The molecule has 0 unspecified atom stereocenters. The number of hydrogen-bond donors (Lipinski definition) is 0. The van der Waals surface area contributed by atoms with Gasteiger partial charge in [-0.25, -0.2) is 18.4 Å². The molecule has 8 heteroatoms. The Morgan fingerprint density at radius 1 is 1.12 bits per heavy atom. The summed E-state index contributed by atoms with van der Waals surface area (Å²) in [7, 11) is -3.29. The standard InChI is InChI=1S/C16H19ClN4O2S/c1-24(22,23)14-3-2-6-18-16(14)21-9-7-20(8-10-21)12-13-4-5-15(17)19-11-13/h2-6,11H,7-10,12H2,1H3. The van der Waals surface area contributed by atoms with Gasteiger partial charge in [-0.3, -0.25) is 4.90 Å². The third-order valence-corrected chi connectivity index (χ3v) is 5.36. The predicted molar refractivity (Wildman–Crippen MR) is 94.1 cm³/mol. The first kappa shape index (κ1) is 17.1. The number of nitrogens with zero attached hydrogens (tertiary/aromatic N) is 4. The Labute approximate surface area is 147 Å². The van der Waals surface area contributed by atoms with E-state index in [9.17, 15) is 8.42 Å². The van der Waals surface area contributed by atoms with Crippen molar-refractivity contribution >= 4 is 27.3 Å². The average molecular weight is 367 g/mol. The molecule has 3 heterocycles. The maximum atomic E-state index is 11.9. The van der Waals surface area contributed by atoms with E-state index in [4.69, 9.17) is 11.6 Å². The molecule has 2 aromatic heterocycles. The van der Waals surface area contributed by atoms with Crippen LogP contribution < -0.4 is 4.90 Å². The summed E-state index contributed by atoms with van der Waals surface area (Å²) in [6, 6.07) is 7.04. The van der Waals surface area contributed by atoms with Crippen molar-refractivity contribution in [1.82, 2.24) is 14.9 Å². The molecule has 0 amide bonds. The van der Waals surface area contributed by atoms with Crippen molar-refractivity contribution in [1.29, 1.82) is 0 Å². The first-order chi connectivity index (χ1) is 11.4. The van der Waals surface area contributed by atoms with Crippen molar-refractivity contribution in [2.24, 2.45) is 0 Å². The molecule has 0 spiro atoms. The first-order valence-electron chi connectivity index (χ1n) is 7.66. The van der Waals surface area contributed by atoms with E-state index >= 15 is 0 Å². The molecule has 1 fully saturated rings.